The molecule has 7 nitrogen and oxygen atoms in total. The Morgan fingerprint density at radius 1 is 1.18 bits per heavy atom. The maximum atomic E-state index is 15.0. The number of carboxylic acids is 1. The lowest BCUT2D eigenvalue weighted by Crippen LogP contribution is -2.36. The van der Waals surface area contributed by atoms with Crippen molar-refractivity contribution < 1.29 is 19.0 Å². The highest BCUT2D eigenvalue weighted by Crippen LogP contribution is 2.37. The van der Waals surface area contributed by atoms with E-state index in [1.54, 1.807) is 37.5 Å². The third kappa shape index (κ3) is 4.21. The molecule has 4 aromatic rings. The first-order valence-corrected chi connectivity index (χ1v) is 11.4. The summed E-state index contributed by atoms with van der Waals surface area (Å²) in [5.41, 5.74) is 2.24. The van der Waals surface area contributed by atoms with E-state index < -0.39 is 17.2 Å². The number of nitrogens with one attached hydrogen (secondary N) is 1. The third-order valence-corrected chi connectivity index (χ3v) is 6.76. The Hall–Kier alpha value is -3.52. The normalized spacial score (nSPS) is 20.4. The topological polar surface area (TPSA) is 101 Å². The Balaban J connectivity index is 1.29. The number of carboxylic acid groups (broad SMARTS) is 1. The van der Waals surface area contributed by atoms with Crippen molar-refractivity contribution >= 4 is 28.6 Å². The summed E-state index contributed by atoms with van der Waals surface area (Å²) in [6.45, 7) is 1.78. The van der Waals surface area contributed by atoms with E-state index in [1.165, 1.54) is 12.3 Å². The van der Waals surface area contributed by atoms with Crippen LogP contribution in [0, 0.1) is 11.2 Å². The fraction of sp³-hybridized carbons (Fsp3) is 0.280. The lowest BCUT2D eigenvalue weighted by atomic mass is 9.75. The van der Waals surface area contributed by atoms with E-state index in [2.05, 4.69) is 19.9 Å². The molecule has 1 saturated carbocycles. The van der Waals surface area contributed by atoms with Gasteiger partial charge in [0.15, 0.2) is 0 Å². The van der Waals surface area contributed by atoms with Crippen LogP contribution in [-0.2, 0) is 4.79 Å². The Kier molecular flexibility index (Phi) is 5.69. The average Bonchev–Trinajstić information content (AvgIpc) is 3.26. The molecule has 0 amide bonds. The van der Waals surface area contributed by atoms with E-state index in [0.29, 0.717) is 64.6 Å². The zero-order valence-electron chi connectivity index (χ0n) is 18.4. The molecular formula is C25H22ClFN4O3. The minimum atomic E-state index is -0.757. The second-order valence-corrected chi connectivity index (χ2v) is 9.27. The van der Waals surface area contributed by atoms with Gasteiger partial charge in [-0.05, 0) is 56.4 Å². The van der Waals surface area contributed by atoms with Gasteiger partial charge in [-0.15, -0.1) is 0 Å². The van der Waals surface area contributed by atoms with Crippen LogP contribution < -0.4 is 4.74 Å². The second kappa shape index (κ2) is 8.68. The van der Waals surface area contributed by atoms with E-state index in [4.69, 9.17) is 16.3 Å². The Labute approximate surface area is 200 Å². The lowest BCUT2D eigenvalue weighted by Gasteiger charge is -2.33. The van der Waals surface area contributed by atoms with E-state index >= 15 is 0 Å². The fourth-order valence-corrected chi connectivity index (χ4v) is 4.47. The molecule has 1 aliphatic rings. The molecule has 174 valence electrons. The summed E-state index contributed by atoms with van der Waals surface area (Å²) in [4.78, 5) is 27.2. The Morgan fingerprint density at radius 3 is 2.59 bits per heavy atom. The summed E-state index contributed by atoms with van der Waals surface area (Å²) in [7, 11) is 0. The molecule has 1 aromatic carbocycles. The van der Waals surface area contributed by atoms with Crippen molar-refractivity contribution in [3.8, 4) is 28.4 Å². The lowest BCUT2D eigenvalue weighted by molar-refractivity contribution is -0.150. The maximum Gasteiger partial charge on any atom is 0.309 e. The minimum Gasteiger partial charge on any atom is -0.481 e. The number of halogens is 2. The van der Waals surface area contributed by atoms with E-state index in [-0.39, 0.29) is 6.10 Å². The van der Waals surface area contributed by atoms with Gasteiger partial charge in [0.2, 0.25) is 5.88 Å². The number of carbonyl (C=O) groups is 1. The van der Waals surface area contributed by atoms with E-state index in [1.807, 2.05) is 6.07 Å². The fourth-order valence-electron chi connectivity index (χ4n) is 4.27. The highest BCUT2D eigenvalue weighted by atomic mass is 35.5. The number of hydrogen-bond acceptors (Lipinski definition) is 5. The molecule has 3 aromatic heterocycles. The third-order valence-electron chi connectivity index (χ3n) is 6.48. The molecule has 2 N–H and O–H groups in total. The largest absolute Gasteiger partial charge is 0.481 e. The number of ether oxygens (including phenoxy) is 1. The van der Waals surface area contributed by atoms with Crippen LogP contribution in [0.25, 0.3) is 33.5 Å². The van der Waals surface area contributed by atoms with Gasteiger partial charge in [0.05, 0.1) is 27.7 Å². The zero-order chi connectivity index (χ0) is 23.9. The highest BCUT2D eigenvalue weighted by molar-refractivity contribution is 6.34. The van der Waals surface area contributed by atoms with Crippen LogP contribution in [-0.4, -0.2) is 37.1 Å². The van der Waals surface area contributed by atoms with Crippen LogP contribution >= 0.6 is 11.6 Å². The molecule has 1 aliphatic carbocycles. The average molecular weight is 481 g/mol. The molecule has 5 rings (SSSR count). The highest BCUT2D eigenvalue weighted by Gasteiger charge is 2.38. The van der Waals surface area contributed by atoms with Crippen LogP contribution in [0.3, 0.4) is 0 Å². The number of hydrogen-bond donors (Lipinski definition) is 2. The standard InChI is InChI=1S/C25H22ClFN4O3/c1-25(24(32)33)8-6-16(7-9-25)34-21-5-3-15(11-29-21)14-2-4-17(19(27)10-14)23-30-20-13-28-12-18(26)22(20)31-23/h2-5,10-13,16H,6-9H2,1H3,(H,30,31)(H,32,33)/t16-,25-. The van der Waals surface area contributed by atoms with Crippen LogP contribution in [0.15, 0.2) is 48.9 Å². The number of aromatic amines is 1. The van der Waals surface area contributed by atoms with Gasteiger partial charge < -0.3 is 14.8 Å². The molecular weight excluding hydrogens is 459 g/mol. The molecule has 9 heteroatoms. The number of fused-ring (bicyclic) bond motifs is 1. The zero-order valence-corrected chi connectivity index (χ0v) is 19.1. The molecule has 34 heavy (non-hydrogen) atoms. The Morgan fingerprint density at radius 2 is 1.94 bits per heavy atom. The number of rotatable bonds is 5. The van der Waals surface area contributed by atoms with Gasteiger partial charge in [0.1, 0.15) is 23.3 Å². The number of aliphatic carboxylic acids is 1. The van der Waals surface area contributed by atoms with Crippen molar-refractivity contribution in [2.75, 3.05) is 0 Å². The number of H-pyrrole nitrogens is 1. The number of imidazole rings is 1. The molecule has 0 spiro atoms. The molecule has 0 unspecified atom stereocenters. The van der Waals surface area contributed by atoms with Gasteiger partial charge in [0, 0.05) is 24.0 Å². The van der Waals surface area contributed by atoms with E-state index in [9.17, 15) is 14.3 Å². The summed E-state index contributed by atoms with van der Waals surface area (Å²) in [5, 5.41) is 9.76. The summed E-state index contributed by atoms with van der Waals surface area (Å²) in [6, 6.07) is 8.48. The van der Waals surface area contributed by atoms with Gasteiger partial charge in [-0.2, -0.15) is 0 Å². The molecule has 3 heterocycles. The summed E-state index contributed by atoms with van der Waals surface area (Å²) in [5.74, 6) is -0.336. The predicted molar refractivity (Wildman–Crippen MR) is 126 cm³/mol. The first kappa shape index (κ1) is 22.3. The van der Waals surface area contributed by atoms with Crippen molar-refractivity contribution in [2.45, 2.75) is 38.7 Å². The van der Waals surface area contributed by atoms with Gasteiger partial charge >= 0.3 is 5.97 Å². The molecule has 0 atom stereocenters. The summed E-state index contributed by atoms with van der Waals surface area (Å²) >= 11 is 6.12. The molecule has 0 saturated heterocycles. The second-order valence-electron chi connectivity index (χ2n) is 8.87. The van der Waals surface area contributed by atoms with Gasteiger partial charge in [0.25, 0.3) is 0 Å². The van der Waals surface area contributed by atoms with Gasteiger partial charge in [-0.3, -0.25) is 9.78 Å². The number of aromatic nitrogens is 4. The van der Waals surface area contributed by atoms with Crippen molar-refractivity contribution in [3.05, 3.63) is 59.8 Å². The smallest absolute Gasteiger partial charge is 0.309 e. The Bertz CT molecular complexity index is 1360. The molecule has 0 bridgehead atoms. The van der Waals surface area contributed by atoms with Crippen molar-refractivity contribution in [3.63, 3.8) is 0 Å². The summed E-state index contributed by atoms with van der Waals surface area (Å²) < 4.78 is 20.9. The molecule has 0 radical (unpaired) electrons. The quantitative estimate of drug-likeness (QED) is 0.369. The van der Waals surface area contributed by atoms with Crippen LogP contribution in [0.2, 0.25) is 5.02 Å². The minimum absolute atomic E-state index is 0.0602. The van der Waals surface area contributed by atoms with Crippen LogP contribution in [0.5, 0.6) is 5.88 Å². The first-order valence-electron chi connectivity index (χ1n) is 11.0. The summed E-state index contributed by atoms with van der Waals surface area (Å²) in [6.07, 6.45) is 7.15. The van der Waals surface area contributed by atoms with Crippen LogP contribution in [0.1, 0.15) is 32.6 Å². The number of benzene rings is 1. The number of nitrogens with zero attached hydrogens (tertiary/aromatic N) is 3. The van der Waals surface area contributed by atoms with Gasteiger partial charge in [-0.1, -0.05) is 17.7 Å². The number of pyridine rings is 2. The van der Waals surface area contributed by atoms with Crippen LogP contribution in [0.4, 0.5) is 4.39 Å². The molecule has 1 fully saturated rings. The van der Waals surface area contributed by atoms with Crippen molar-refractivity contribution in [2.24, 2.45) is 5.41 Å². The SMILES string of the molecule is C[C@]1(C(=O)O)CC[C@H](Oc2ccc(-c3ccc(-c4nc5c(Cl)cncc5[nH]4)c(F)c3)cn2)CC1. The first-order chi connectivity index (χ1) is 16.3. The van der Waals surface area contributed by atoms with Crippen molar-refractivity contribution in [1.82, 2.24) is 19.9 Å². The van der Waals surface area contributed by atoms with Crippen molar-refractivity contribution in [1.29, 1.82) is 0 Å². The maximum absolute atomic E-state index is 15.0. The van der Waals surface area contributed by atoms with Gasteiger partial charge in [-0.25, -0.2) is 14.4 Å². The molecule has 0 aliphatic heterocycles. The predicted octanol–water partition coefficient (Wildman–Crippen LogP) is 5.89. The van der Waals surface area contributed by atoms with E-state index in [0.717, 1.165) is 5.56 Å². The monoisotopic (exact) mass is 480 g/mol.